The monoisotopic (exact) mass is 72.0 g/mol. The SMILES string of the molecule is C[N]C(C)=O. The van der Waals surface area contributed by atoms with Crippen LogP contribution in [0.15, 0.2) is 0 Å². The van der Waals surface area contributed by atoms with Crippen molar-refractivity contribution in [2.24, 2.45) is 0 Å². The second-order valence-corrected chi connectivity index (χ2v) is 0.743. The highest BCUT2D eigenvalue weighted by Gasteiger charge is 1.76. The number of hydrogen-bond donors (Lipinski definition) is 0. The van der Waals surface area contributed by atoms with Gasteiger partial charge < -0.3 is 0 Å². The van der Waals surface area contributed by atoms with Gasteiger partial charge in [0, 0.05) is 14.0 Å². The zero-order valence-electron chi connectivity index (χ0n) is 3.36. The summed E-state index contributed by atoms with van der Waals surface area (Å²) < 4.78 is 0. The maximum Gasteiger partial charge on any atom is 0.237 e. The number of carbonyl (C=O) groups excluding carboxylic acids is 1. The van der Waals surface area contributed by atoms with E-state index >= 15 is 0 Å². The number of nitrogens with zero attached hydrogens (tertiary/aromatic N) is 1. The molecule has 1 radical (unpaired) electrons. The van der Waals surface area contributed by atoms with Crippen LogP contribution < -0.4 is 5.32 Å². The van der Waals surface area contributed by atoms with Crippen LogP contribution in [0, 0.1) is 0 Å². The van der Waals surface area contributed by atoms with Crippen LogP contribution in [0.25, 0.3) is 0 Å². The molecule has 0 heterocycles. The summed E-state index contributed by atoms with van der Waals surface area (Å²) >= 11 is 0. The van der Waals surface area contributed by atoms with Gasteiger partial charge in [-0.15, -0.1) is 0 Å². The molecule has 0 aliphatic heterocycles. The van der Waals surface area contributed by atoms with Gasteiger partial charge in [-0.25, -0.2) is 0 Å². The molecule has 29 valence electrons. The number of hydrogen-bond acceptors (Lipinski definition) is 1. The summed E-state index contributed by atoms with van der Waals surface area (Å²) in [5.41, 5.74) is 0. The van der Waals surface area contributed by atoms with Gasteiger partial charge in [-0.05, 0) is 0 Å². The van der Waals surface area contributed by atoms with Crippen LogP contribution in [0.5, 0.6) is 0 Å². The minimum Gasteiger partial charge on any atom is -0.273 e. The fourth-order valence-electron chi connectivity index (χ4n) is 0. The Balaban J connectivity index is 2.85. The van der Waals surface area contributed by atoms with Crippen LogP contribution in [-0.4, -0.2) is 13.0 Å². The van der Waals surface area contributed by atoms with Crippen molar-refractivity contribution in [2.45, 2.75) is 6.92 Å². The fourth-order valence-corrected chi connectivity index (χ4v) is 0. The Morgan fingerprint density at radius 2 is 2.00 bits per heavy atom. The van der Waals surface area contributed by atoms with Gasteiger partial charge in [0.1, 0.15) is 0 Å². The van der Waals surface area contributed by atoms with Gasteiger partial charge in [-0.2, -0.15) is 0 Å². The van der Waals surface area contributed by atoms with E-state index in [1.54, 1.807) is 0 Å². The van der Waals surface area contributed by atoms with Crippen molar-refractivity contribution in [3.63, 3.8) is 0 Å². The third-order valence-electron chi connectivity index (χ3n) is 0.315. The smallest absolute Gasteiger partial charge is 0.237 e. The lowest BCUT2D eigenvalue weighted by Crippen LogP contribution is -2.02. The highest BCUT2D eigenvalue weighted by Crippen LogP contribution is 1.49. The average Bonchev–Trinajstić information content (AvgIpc) is 1.38. The molecule has 0 aromatic rings. The van der Waals surface area contributed by atoms with Crippen LogP contribution in [0.2, 0.25) is 0 Å². The van der Waals surface area contributed by atoms with E-state index < -0.39 is 0 Å². The number of rotatable bonds is 0. The highest BCUT2D eigenvalue weighted by atomic mass is 16.1. The lowest BCUT2D eigenvalue weighted by atomic mass is 10.7. The Morgan fingerprint density at radius 1 is 1.80 bits per heavy atom. The molecular formula is C3H6NO. The molecule has 0 aliphatic rings. The van der Waals surface area contributed by atoms with Gasteiger partial charge in [-0.1, -0.05) is 0 Å². The standard InChI is InChI=1S/C3H6NO/c1-3(5)4-2/h1-2H3. The van der Waals surface area contributed by atoms with E-state index in [0.29, 0.717) is 0 Å². The maximum absolute atomic E-state index is 9.65. The summed E-state index contributed by atoms with van der Waals surface area (Å²) in [5, 5.41) is 3.25. The summed E-state index contributed by atoms with van der Waals surface area (Å²) in [4.78, 5) is 9.65. The Bertz CT molecular complexity index is 42.2. The highest BCUT2D eigenvalue weighted by molar-refractivity contribution is 5.71. The summed E-state index contributed by atoms with van der Waals surface area (Å²) in [6, 6.07) is 0. The molecule has 0 spiro atoms. The molecule has 0 saturated carbocycles. The van der Waals surface area contributed by atoms with Crippen molar-refractivity contribution in [3.8, 4) is 0 Å². The maximum atomic E-state index is 9.65. The first-order chi connectivity index (χ1) is 2.27. The molecule has 0 unspecified atom stereocenters. The molecule has 1 amide bonds. The van der Waals surface area contributed by atoms with Gasteiger partial charge in [0.15, 0.2) is 0 Å². The quantitative estimate of drug-likeness (QED) is 0.389. The molecule has 0 bridgehead atoms. The van der Waals surface area contributed by atoms with Gasteiger partial charge >= 0.3 is 0 Å². The molecule has 5 heavy (non-hydrogen) atoms. The van der Waals surface area contributed by atoms with Crippen molar-refractivity contribution in [2.75, 3.05) is 7.05 Å². The van der Waals surface area contributed by atoms with Crippen molar-refractivity contribution in [3.05, 3.63) is 0 Å². The van der Waals surface area contributed by atoms with Crippen molar-refractivity contribution in [1.82, 2.24) is 5.32 Å². The van der Waals surface area contributed by atoms with E-state index in [1.165, 1.54) is 14.0 Å². The fraction of sp³-hybridized carbons (Fsp3) is 0.667. The van der Waals surface area contributed by atoms with Crippen LogP contribution in [0.1, 0.15) is 6.92 Å². The lowest BCUT2D eigenvalue weighted by Gasteiger charge is -1.75. The minimum atomic E-state index is -0.120. The van der Waals surface area contributed by atoms with Crippen LogP contribution >= 0.6 is 0 Å². The predicted molar refractivity (Wildman–Crippen MR) is 18.7 cm³/mol. The van der Waals surface area contributed by atoms with E-state index in [2.05, 4.69) is 5.32 Å². The third kappa shape index (κ3) is 3.47. The van der Waals surface area contributed by atoms with E-state index in [4.69, 9.17) is 0 Å². The molecule has 2 nitrogen and oxygen atoms in total. The Labute approximate surface area is 31.2 Å². The molecule has 0 rings (SSSR count). The second-order valence-electron chi connectivity index (χ2n) is 0.743. The topological polar surface area (TPSA) is 31.2 Å². The molecule has 0 saturated heterocycles. The normalized spacial score (nSPS) is 6.80. The van der Waals surface area contributed by atoms with E-state index in [9.17, 15) is 4.79 Å². The van der Waals surface area contributed by atoms with E-state index in [0.717, 1.165) is 0 Å². The summed E-state index contributed by atoms with van der Waals surface area (Å²) in [7, 11) is 1.47. The lowest BCUT2D eigenvalue weighted by molar-refractivity contribution is -0.118. The van der Waals surface area contributed by atoms with Gasteiger partial charge in [0.25, 0.3) is 0 Å². The summed E-state index contributed by atoms with van der Waals surface area (Å²) in [5.74, 6) is -0.120. The minimum absolute atomic E-state index is 0.120. The largest absolute Gasteiger partial charge is 0.273 e. The van der Waals surface area contributed by atoms with Crippen LogP contribution in [0.3, 0.4) is 0 Å². The zero-order chi connectivity index (χ0) is 4.28. The average molecular weight is 72.1 g/mol. The first-order valence-corrected chi connectivity index (χ1v) is 1.37. The van der Waals surface area contributed by atoms with E-state index in [-0.39, 0.29) is 5.91 Å². The Morgan fingerprint density at radius 3 is 2.00 bits per heavy atom. The molecule has 0 N–H and O–H groups in total. The first kappa shape index (κ1) is 4.47. The molecule has 0 aromatic heterocycles. The van der Waals surface area contributed by atoms with Crippen molar-refractivity contribution < 1.29 is 4.79 Å². The molecule has 0 aromatic carbocycles. The zero-order valence-corrected chi connectivity index (χ0v) is 3.36. The third-order valence-corrected chi connectivity index (χ3v) is 0.315. The molecular weight excluding hydrogens is 66.0 g/mol. The molecule has 0 atom stereocenters. The summed E-state index contributed by atoms with van der Waals surface area (Å²) in [6.45, 7) is 1.42. The van der Waals surface area contributed by atoms with Gasteiger partial charge in [0.05, 0.1) is 0 Å². The second kappa shape index (κ2) is 1.76. The molecule has 0 aliphatic carbocycles. The van der Waals surface area contributed by atoms with Gasteiger partial charge in [0.2, 0.25) is 5.91 Å². The van der Waals surface area contributed by atoms with Crippen LogP contribution in [0.4, 0.5) is 0 Å². The van der Waals surface area contributed by atoms with E-state index in [1.807, 2.05) is 0 Å². The first-order valence-electron chi connectivity index (χ1n) is 1.37. The molecule has 0 fully saturated rings. The molecule has 2 heteroatoms. The van der Waals surface area contributed by atoms with Gasteiger partial charge in [-0.3, -0.25) is 10.1 Å². The van der Waals surface area contributed by atoms with Crippen LogP contribution in [-0.2, 0) is 4.79 Å². The Kier molecular flexibility index (Phi) is 1.57. The van der Waals surface area contributed by atoms with Crippen molar-refractivity contribution in [1.29, 1.82) is 0 Å². The Hall–Kier alpha value is -0.530. The predicted octanol–water partition coefficient (Wildman–Crippen LogP) is -0.233. The number of amides is 1. The summed E-state index contributed by atoms with van der Waals surface area (Å²) in [6.07, 6.45) is 0. The van der Waals surface area contributed by atoms with Crippen molar-refractivity contribution >= 4 is 5.91 Å². The number of carbonyl (C=O) groups is 1.